The van der Waals surface area contributed by atoms with Gasteiger partial charge >= 0.3 is 12.1 Å². The number of carboxylic acid groups (broad SMARTS) is 1. The molecule has 4 aromatic carbocycles. The van der Waals surface area contributed by atoms with Crippen LogP contribution in [0.2, 0.25) is 0 Å². The van der Waals surface area contributed by atoms with E-state index in [2.05, 4.69) is 4.98 Å². The van der Waals surface area contributed by atoms with Gasteiger partial charge in [-0.05, 0) is 66.6 Å². The summed E-state index contributed by atoms with van der Waals surface area (Å²) in [6, 6.07) is 33.2. The van der Waals surface area contributed by atoms with Crippen LogP contribution < -0.4 is 14.2 Å². The first-order chi connectivity index (χ1) is 21.4. The zero-order chi connectivity index (χ0) is 30.7. The molecule has 0 bridgehead atoms. The third-order valence-corrected chi connectivity index (χ3v) is 6.68. The molecule has 9 heteroatoms. The summed E-state index contributed by atoms with van der Waals surface area (Å²) in [5.74, 6) is 1.72. The number of rotatable bonds is 13. The number of aryl methyl sites for hydroxylation is 1. The van der Waals surface area contributed by atoms with E-state index in [0.29, 0.717) is 37.0 Å². The van der Waals surface area contributed by atoms with Crippen LogP contribution in [0, 0.1) is 6.92 Å². The van der Waals surface area contributed by atoms with Crippen molar-refractivity contribution < 1.29 is 33.3 Å². The molecule has 224 valence electrons. The van der Waals surface area contributed by atoms with E-state index < -0.39 is 18.6 Å². The molecular formula is C35H32N2O7. The fraction of sp³-hybridized carbons (Fsp3) is 0.171. The van der Waals surface area contributed by atoms with Crippen molar-refractivity contribution in [1.82, 2.24) is 9.88 Å². The molecule has 0 spiro atoms. The van der Waals surface area contributed by atoms with Crippen LogP contribution in [0.25, 0.3) is 11.5 Å². The monoisotopic (exact) mass is 592 g/mol. The Morgan fingerprint density at radius 3 is 2.07 bits per heavy atom. The molecule has 1 aromatic heterocycles. The first-order valence-corrected chi connectivity index (χ1v) is 14.1. The molecule has 0 unspecified atom stereocenters. The van der Waals surface area contributed by atoms with Crippen LogP contribution in [0.5, 0.6) is 17.2 Å². The molecule has 5 rings (SSSR count). The number of oxazole rings is 1. The number of benzene rings is 4. The van der Waals surface area contributed by atoms with Gasteiger partial charge < -0.3 is 23.7 Å². The SMILES string of the molecule is Cc1oc(-c2ccccc2)nc1CCOc1ccc(CN(CC(=O)O)C(=O)Oc2ccc(OCc3ccccc3)cc2)cc1. The van der Waals surface area contributed by atoms with Crippen molar-refractivity contribution in [3.63, 3.8) is 0 Å². The van der Waals surface area contributed by atoms with E-state index in [1.807, 2.05) is 67.6 Å². The van der Waals surface area contributed by atoms with Gasteiger partial charge in [-0.3, -0.25) is 9.69 Å². The average molecular weight is 593 g/mol. The van der Waals surface area contributed by atoms with Gasteiger partial charge in [0, 0.05) is 18.5 Å². The minimum Gasteiger partial charge on any atom is -0.493 e. The summed E-state index contributed by atoms with van der Waals surface area (Å²) in [7, 11) is 0. The van der Waals surface area contributed by atoms with Gasteiger partial charge in [0.25, 0.3) is 0 Å². The van der Waals surface area contributed by atoms with Crippen molar-refractivity contribution in [2.45, 2.75) is 26.5 Å². The Labute approximate surface area is 255 Å². The van der Waals surface area contributed by atoms with Gasteiger partial charge in [0.1, 0.15) is 36.2 Å². The number of ether oxygens (including phenoxy) is 3. The number of aliphatic carboxylic acids is 1. The number of carboxylic acids is 1. The van der Waals surface area contributed by atoms with Gasteiger partial charge in [0.2, 0.25) is 5.89 Å². The van der Waals surface area contributed by atoms with Gasteiger partial charge in [-0.2, -0.15) is 0 Å². The molecular weight excluding hydrogens is 560 g/mol. The molecule has 0 saturated heterocycles. The quantitative estimate of drug-likeness (QED) is 0.157. The van der Waals surface area contributed by atoms with Gasteiger partial charge in [-0.1, -0.05) is 60.7 Å². The molecule has 1 amide bonds. The Bertz CT molecular complexity index is 1650. The van der Waals surface area contributed by atoms with E-state index in [-0.39, 0.29) is 12.3 Å². The van der Waals surface area contributed by atoms with E-state index >= 15 is 0 Å². The van der Waals surface area contributed by atoms with Gasteiger partial charge in [0.15, 0.2) is 0 Å². The lowest BCUT2D eigenvalue weighted by atomic mass is 10.2. The Hall–Kier alpha value is -5.57. The summed E-state index contributed by atoms with van der Waals surface area (Å²) >= 11 is 0. The molecule has 0 atom stereocenters. The maximum absolute atomic E-state index is 12.9. The molecule has 0 aliphatic rings. The second-order valence-electron chi connectivity index (χ2n) is 9.99. The third-order valence-electron chi connectivity index (χ3n) is 6.68. The number of carbonyl (C=O) groups excluding carboxylic acids is 1. The summed E-state index contributed by atoms with van der Waals surface area (Å²) in [5, 5.41) is 9.39. The van der Waals surface area contributed by atoms with E-state index in [1.54, 1.807) is 48.5 Å². The highest BCUT2D eigenvalue weighted by atomic mass is 16.6. The summed E-state index contributed by atoms with van der Waals surface area (Å²) in [5.41, 5.74) is 3.50. The fourth-order valence-corrected chi connectivity index (χ4v) is 4.40. The summed E-state index contributed by atoms with van der Waals surface area (Å²) < 4.78 is 22.9. The lowest BCUT2D eigenvalue weighted by molar-refractivity contribution is -0.138. The second kappa shape index (κ2) is 14.6. The Kier molecular flexibility index (Phi) is 9.89. The van der Waals surface area contributed by atoms with Crippen molar-refractivity contribution >= 4 is 12.1 Å². The van der Waals surface area contributed by atoms with Crippen molar-refractivity contribution in [1.29, 1.82) is 0 Å². The summed E-state index contributed by atoms with van der Waals surface area (Å²) in [6.07, 6.45) is -0.203. The van der Waals surface area contributed by atoms with Gasteiger partial charge in [0.05, 0.1) is 12.3 Å². The zero-order valence-electron chi connectivity index (χ0n) is 24.2. The van der Waals surface area contributed by atoms with Crippen molar-refractivity contribution in [2.24, 2.45) is 0 Å². The molecule has 9 nitrogen and oxygen atoms in total. The van der Waals surface area contributed by atoms with Crippen molar-refractivity contribution in [2.75, 3.05) is 13.2 Å². The van der Waals surface area contributed by atoms with E-state index in [9.17, 15) is 14.7 Å². The maximum Gasteiger partial charge on any atom is 0.416 e. The van der Waals surface area contributed by atoms with Crippen LogP contribution >= 0.6 is 0 Å². The summed E-state index contributed by atoms with van der Waals surface area (Å²) in [4.78, 5) is 30.1. The predicted molar refractivity (Wildman–Crippen MR) is 164 cm³/mol. The molecule has 0 fully saturated rings. The van der Waals surface area contributed by atoms with Crippen LogP contribution in [-0.4, -0.2) is 40.2 Å². The first-order valence-electron chi connectivity index (χ1n) is 14.1. The smallest absolute Gasteiger partial charge is 0.416 e. The minimum absolute atomic E-state index is 0.0457. The van der Waals surface area contributed by atoms with E-state index in [1.165, 1.54) is 0 Å². The van der Waals surface area contributed by atoms with Crippen LogP contribution in [-0.2, 0) is 24.4 Å². The third kappa shape index (κ3) is 8.48. The van der Waals surface area contributed by atoms with Gasteiger partial charge in [-0.25, -0.2) is 9.78 Å². The van der Waals surface area contributed by atoms with Crippen LogP contribution in [0.4, 0.5) is 4.79 Å². The number of hydrogen-bond acceptors (Lipinski definition) is 7. The van der Waals surface area contributed by atoms with Crippen molar-refractivity contribution in [3.8, 4) is 28.7 Å². The number of amides is 1. The van der Waals surface area contributed by atoms with E-state index in [0.717, 1.165) is 33.0 Å². The zero-order valence-corrected chi connectivity index (χ0v) is 24.2. The average Bonchev–Trinajstić information content (AvgIpc) is 3.42. The highest BCUT2D eigenvalue weighted by Gasteiger charge is 2.20. The molecule has 44 heavy (non-hydrogen) atoms. The highest BCUT2D eigenvalue weighted by Crippen LogP contribution is 2.23. The maximum atomic E-state index is 12.9. The first kappa shape index (κ1) is 29.9. The topological polar surface area (TPSA) is 111 Å². The Balaban J connectivity index is 1.12. The molecule has 0 aliphatic carbocycles. The van der Waals surface area contributed by atoms with Crippen LogP contribution in [0.3, 0.4) is 0 Å². The van der Waals surface area contributed by atoms with Crippen molar-refractivity contribution in [3.05, 3.63) is 132 Å². The standard InChI is InChI=1S/C35H32N2O7/c1-25-32(36-34(43-25)28-10-6-3-7-11-28)20-21-41-29-14-12-26(13-15-29)22-37(23-33(38)39)35(40)44-31-18-16-30(17-19-31)42-24-27-8-4-2-5-9-27/h2-19H,20-24H2,1H3,(H,38,39). The number of hydrogen-bond donors (Lipinski definition) is 1. The predicted octanol–water partition coefficient (Wildman–Crippen LogP) is 6.94. The lowest BCUT2D eigenvalue weighted by Gasteiger charge is -2.20. The number of carbonyl (C=O) groups is 2. The van der Waals surface area contributed by atoms with Gasteiger partial charge in [-0.15, -0.1) is 0 Å². The molecule has 1 heterocycles. The Morgan fingerprint density at radius 2 is 1.39 bits per heavy atom. The largest absolute Gasteiger partial charge is 0.493 e. The van der Waals surface area contributed by atoms with E-state index in [4.69, 9.17) is 18.6 Å². The number of aromatic nitrogens is 1. The molecule has 5 aromatic rings. The lowest BCUT2D eigenvalue weighted by Crippen LogP contribution is -2.37. The molecule has 1 N–H and O–H groups in total. The number of nitrogens with zero attached hydrogens (tertiary/aromatic N) is 2. The Morgan fingerprint density at radius 1 is 0.773 bits per heavy atom. The molecule has 0 radical (unpaired) electrons. The summed E-state index contributed by atoms with van der Waals surface area (Å²) in [6.45, 7) is 2.22. The van der Waals surface area contributed by atoms with Crippen LogP contribution in [0.15, 0.2) is 114 Å². The second-order valence-corrected chi connectivity index (χ2v) is 9.99. The highest BCUT2D eigenvalue weighted by molar-refractivity contribution is 5.78. The molecule has 0 aliphatic heterocycles. The normalized spacial score (nSPS) is 10.7. The minimum atomic E-state index is -1.15. The fourth-order valence-electron chi connectivity index (χ4n) is 4.40. The molecule has 0 saturated carbocycles. The van der Waals surface area contributed by atoms with Crippen LogP contribution in [0.1, 0.15) is 22.6 Å².